The number of benzene rings is 3. The lowest BCUT2D eigenvalue weighted by molar-refractivity contribution is -0.140. The molecule has 0 unspecified atom stereocenters. The van der Waals surface area contributed by atoms with Gasteiger partial charge >= 0.3 is 0 Å². The molecule has 7 nitrogen and oxygen atoms in total. The van der Waals surface area contributed by atoms with Gasteiger partial charge in [-0.05, 0) is 102 Å². The summed E-state index contributed by atoms with van der Waals surface area (Å²) in [5.41, 5.74) is 5.09. The molecule has 1 heterocycles. The van der Waals surface area contributed by atoms with E-state index in [-0.39, 0.29) is 30.1 Å². The molecule has 0 saturated carbocycles. The monoisotopic (exact) mass is 709 g/mol. The first-order valence-corrected chi connectivity index (χ1v) is 20.2. The predicted molar refractivity (Wildman–Crippen MR) is 206 cm³/mol. The number of carbonyl (C=O) groups is 2. The van der Waals surface area contributed by atoms with Crippen molar-refractivity contribution in [3.8, 4) is 5.75 Å². The van der Waals surface area contributed by atoms with E-state index in [2.05, 4.69) is 51.1 Å². The molecule has 1 aliphatic heterocycles. The second-order valence-electron chi connectivity index (χ2n) is 15.5. The first-order valence-electron chi connectivity index (χ1n) is 18.3. The molecule has 4 atom stereocenters. The Bertz CT molecular complexity index is 1710. The second-order valence-corrected chi connectivity index (χ2v) is 19.8. The highest BCUT2D eigenvalue weighted by Crippen LogP contribution is 2.47. The van der Waals surface area contributed by atoms with Gasteiger partial charge in [-0.25, -0.2) is 0 Å². The maximum Gasteiger partial charge on any atom is 0.261 e. The van der Waals surface area contributed by atoms with Crippen LogP contribution in [0.4, 0.5) is 0 Å². The third-order valence-corrected chi connectivity index (χ3v) is 15.9. The van der Waals surface area contributed by atoms with Gasteiger partial charge in [0.1, 0.15) is 5.75 Å². The quantitative estimate of drug-likeness (QED) is 0.107. The van der Waals surface area contributed by atoms with E-state index in [1.807, 2.05) is 76.2 Å². The normalized spacial score (nSPS) is 20.6. The minimum absolute atomic E-state index is 0.176. The van der Waals surface area contributed by atoms with Crippen LogP contribution < -0.4 is 10.4 Å². The Morgan fingerprint density at radius 1 is 0.980 bits per heavy atom. The Morgan fingerprint density at radius 3 is 2.06 bits per heavy atom. The molecule has 2 amide bonds. The Kier molecular flexibility index (Phi) is 11.9. The van der Waals surface area contributed by atoms with Crippen LogP contribution in [0, 0.1) is 31.6 Å². The highest BCUT2D eigenvalue weighted by atomic mass is 28.4. The van der Waals surface area contributed by atoms with Crippen molar-refractivity contribution in [2.45, 2.75) is 85.3 Å². The maximum absolute atomic E-state index is 13.8. The van der Waals surface area contributed by atoms with Gasteiger partial charge < -0.3 is 19.7 Å². The van der Waals surface area contributed by atoms with Crippen molar-refractivity contribution in [1.29, 1.82) is 0 Å². The number of fused-ring (bicyclic) bond motifs is 1. The van der Waals surface area contributed by atoms with Crippen LogP contribution in [-0.2, 0) is 14.0 Å². The number of carbonyl (C=O) groups excluding carboxylic acids is 2. The number of imide groups is 1. The predicted octanol–water partition coefficient (Wildman–Crippen LogP) is 6.45. The van der Waals surface area contributed by atoms with Gasteiger partial charge in [0.25, 0.3) is 8.32 Å². The third-order valence-electron chi connectivity index (χ3n) is 10.9. The van der Waals surface area contributed by atoms with Crippen LogP contribution in [0.15, 0.2) is 89.5 Å². The van der Waals surface area contributed by atoms with E-state index < -0.39 is 32.2 Å². The van der Waals surface area contributed by atoms with Gasteiger partial charge in [-0.15, -0.1) is 0 Å². The van der Waals surface area contributed by atoms with Crippen LogP contribution in [0.1, 0.15) is 77.0 Å². The van der Waals surface area contributed by atoms with Gasteiger partial charge in [0.05, 0.1) is 31.2 Å². The zero-order chi connectivity index (χ0) is 37.1. The minimum atomic E-state index is -2.98. The number of aryl methyl sites for hydroxylation is 2. The minimum Gasteiger partial charge on any atom is -0.507 e. The number of hydrogen-bond acceptors (Lipinski definition) is 6. The van der Waals surface area contributed by atoms with Crippen molar-refractivity contribution in [3.63, 3.8) is 0 Å². The number of aliphatic hydroxyl groups excluding tert-OH is 2. The van der Waals surface area contributed by atoms with Crippen molar-refractivity contribution in [3.05, 3.63) is 106 Å². The van der Waals surface area contributed by atoms with E-state index >= 15 is 0 Å². The van der Waals surface area contributed by atoms with E-state index in [9.17, 15) is 24.9 Å². The Hall–Kier alpha value is -3.82. The first kappa shape index (κ1) is 38.4. The van der Waals surface area contributed by atoms with E-state index in [1.165, 1.54) is 4.90 Å². The van der Waals surface area contributed by atoms with Crippen LogP contribution in [-0.4, -0.2) is 66.2 Å². The molecule has 272 valence electrons. The summed E-state index contributed by atoms with van der Waals surface area (Å²) in [6, 6.07) is 24.6. The number of phenolic OH excluding ortho intramolecular Hbond substituents is 1. The molecule has 51 heavy (non-hydrogen) atoms. The number of amides is 2. The summed E-state index contributed by atoms with van der Waals surface area (Å²) in [4.78, 5) is 28.9. The van der Waals surface area contributed by atoms with Gasteiger partial charge in [0, 0.05) is 12.5 Å². The van der Waals surface area contributed by atoms with Crippen molar-refractivity contribution in [2.24, 2.45) is 17.8 Å². The summed E-state index contributed by atoms with van der Waals surface area (Å²) in [5.74, 6) is -2.16. The van der Waals surface area contributed by atoms with Crippen molar-refractivity contribution >= 4 is 36.6 Å². The average Bonchev–Trinajstić information content (AvgIpc) is 3.34. The number of rotatable bonds is 13. The standard InChI is InChI=1S/C43H55NO6Si/c1-8-21-44-41(48)35-25-32(27-50-51(43(5,6)7,33-15-11-9-12-16-33)34-17-13-10-14-18-34)38(36(26-45)39(35)42(44)49)37(46)20-19-28(2)22-31-23-29(3)40(47)30(4)24-31/h9-18,22-24,35-37,39,45-47H,8,19-21,25-27H2,1-7H3/b28-22+/t35-,36+,37-,39-/m1/s1. The van der Waals surface area contributed by atoms with Crippen LogP contribution in [0.3, 0.4) is 0 Å². The van der Waals surface area contributed by atoms with Crippen LogP contribution in [0.2, 0.25) is 5.04 Å². The molecule has 0 radical (unpaired) electrons. The molecule has 5 rings (SSSR count). The third kappa shape index (κ3) is 7.56. The fourth-order valence-corrected chi connectivity index (χ4v) is 13.1. The van der Waals surface area contributed by atoms with E-state index in [4.69, 9.17) is 4.43 Å². The molecule has 0 spiro atoms. The topological polar surface area (TPSA) is 107 Å². The van der Waals surface area contributed by atoms with Gasteiger partial charge in [-0.3, -0.25) is 14.5 Å². The number of hydrogen-bond donors (Lipinski definition) is 3. The lowest BCUT2D eigenvalue weighted by Crippen LogP contribution is -2.66. The maximum atomic E-state index is 13.8. The second kappa shape index (κ2) is 15.8. The molecule has 1 aliphatic carbocycles. The van der Waals surface area contributed by atoms with E-state index in [1.54, 1.807) is 0 Å². The summed E-state index contributed by atoms with van der Waals surface area (Å²) in [6.07, 6.45) is 3.03. The molecule has 1 saturated heterocycles. The van der Waals surface area contributed by atoms with Gasteiger partial charge in [-0.1, -0.05) is 100 Å². The highest BCUT2D eigenvalue weighted by molar-refractivity contribution is 6.99. The highest BCUT2D eigenvalue weighted by Gasteiger charge is 2.55. The number of phenols is 1. The fraction of sp³-hybridized carbons (Fsp3) is 0.442. The zero-order valence-electron chi connectivity index (χ0n) is 31.3. The number of likely N-dealkylation sites (tertiary alicyclic amines) is 1. The van der Waals surface area contributed by atoms with Gasteiger partial charge in [0.15, 0.2) is 0 Å². The smallest absolute Gasteiger partial charge is 0.261 e. The SMILES string of the molecule is CCCN1C(=O)[C@@H]2[C@@H](CC(CO[Si](c3ccccc3)(c3ccccc3)C(C)(C)C)=C([C@H](O)CC/C(C)=C/c3cc(C)c(O)c(C)c3)[C@@H]2CO)C1=O. The van der Waals surface area contributed by atoms with Crippen LogP contribution in [0.5, 0.6) is 5.75 Å². The number of nitrogens with zero attached hydrogens (tertiary/aromatic N) is 1. The molecule has 0 bridgehead atoms. The first-order chi connectivity index (χ1) is 24.2. The molecule has 1 fully saturated rings. The molecule has 0 aromatic heterocycles. The summed E-state index contributed by atoms with van der Waals surface area (Å²) in [6.45, 7) is 14.5. The molecular weight excluding hydrogens is 655 g/mol. The van der Waals surface area contributed by atoms with Gasteiger partial charge in [-0.2, -0.15) is 0 Å². The molecule has 3 N–H and O–H groups in total. The van der Waals surface area contributed by atoms with Gasteiger partial charge in [0.2, 0.25) is 11.8 Å². The number of aliphatic hydroxyl groups is 2. The number of allylic oxidation sites excluding steroid dienone is 1. The summed E-state index contributed by atoms with van der Waals surface area (Å²) in [5, 5.41) is 35.2. The summed E-state index contributed by atoms with van der Waals surface area (Å²) in [7, 11) is -2.98. The fourth-order valence-electron chi connectivity index (χ4n) is 8.51. The summed E-state index contributed by atoms with van der Waals surface area (Å²) < 4.78 is 7.35. The molecular formula is C43H55NO6Si. The average molecular weight is 710 g/mol. The molecule has 2 aliphatic rings. The van der Waals surface area contributed by atoms with E-state index in [0.717, 1.165) is 38.2 Å². The Balaban J connectivity index is 1.56. The van der Waals surface area contributed by atoms with Crippen LogP contribution in [0.25, 0.3) is 6.08 Å². The molecule has 3 aromatic carbocycles. The molecule has 3 aromatic rings. The van der Waals surface area contributed by atoms with Crippen LogP contribution >= 0.6 is 0 Å². The van der Waals surface area contributed by atoms with E-state index in [0.29, 0.717) is 43.6 Å². The summed E-state index contributed by atoms with van der Waals surface area (Å²) >= 11 is 0. The molecule has 8 heteroatoms. The zero-order valence-corrected chi connectivity index (χ0v) is 32.3. The largest absolute Gasteiger partial charge is 0.507 e. The van der Waals surface area contributed by atoms with Crippen molar-refractivity contribution < 1.29 is 29.3 Å². The lowest BCUT2D eigenvalue weighted by Gasteiger charge is -2.44. The van der Waals surface area contributed by atoms with Crippen molar-refractivity contribution in [1.82, 2.24) is 4.90 Å². The Morgan fingerprint density at radius 2 is 1.55 bits per heavy atom. The Labute approximate surface area is 304 Å². The number of aromatic hydroxyl groups is 1. The lowest BCUT2D eigenvalue weighted by atomic mass is 9.68. The van der Waals surface area contributed by atoms with Crippen molar-refractivity contribution in [2.75, 3.05) is 19.8 Å².